The number of hydrogen-bond donors (Lipinski definition) is 0. The van der Waals surface area contributed by atoms with Gasteiger partial charge in [0.15, 0.2) is 0 Å². The molecule has 0 fully saturated rings. The second kappa shape index (κ2) is 14.9. The van der Waals surface area contributed by atoms with Gasteiger partial charge >= 0.3 is 0 Å². The van der Waals surface area contributed by atoms with E-state index in [1.165, 1.54) is 76.8 Å². The summed E-state index contributed by atoms with van der Waals surface area (Å²) in [5.41, 5.74) is 16.2. The third-order valence-electron chi connectivity index (χ3n) is 12.9. The summed E-state index contributed by atoms with van der Waals surface area (Å²) in [6, 6.07) is 76.5. The third kappa shape index (κ3) is 6.18. The fourth-order valence-corrected chi connectivity index (χ4v) is 9.82. The van der Waals surface area contributed by atoms with Crippen molar-refractivity contribution in [3.8, 4) is 39.4 Å². The lowest BCUT2D eigenvalue weighted by atomic mass is 9.82. The molecule has 10 aromatic carbocycles. The number of anilines is 3. The van der Waals surface area contributed by atoms with E-state index in [0.717, 1.165) is 28.2 Å². The lowest BCUT2D eigenvalue weighted by Gasteiger charge is -2.28. The van der Waals surface area contributed by atoms with E-state index in [-0.39, 0.29) is 5.41 Å². The minimum absolute atomic E-state index is 0.116. The van der Waals surface area contributed by atoms with Crippen LogP contribution < -0.4 is 4.90 Å². The first-order chi connectivity index (χ1) is 30.5. The van der Waals surface area contributed by atoms with Crippen LogP contribution in [0.15, 0.2) is 206 Å². The van der Waals surface area contributed by atoms with Crippen molar-refractivity contribution in [2.75, 3.05) is 4.90 Å². The number of fused-ring (bicyclic) bond motifs is 6. The Kier molecular flexibility index (Phi) is 8.92. The first-order valence-electron chi connectivity index (χ1n) is 21.3. The summed E-state index contributed by atoms with van der Waals surface area (Å²) >= 11 is 0. The molecule has 62 heavy (non-hydrogen) atoms. The molecule has 11 rings (SSSR count). The number of nitriles is 1. The van der Waals surface area contributed by atoms with Crippen LogP contribution in [0.25, 0.3) is 77.9 Å². The summed E-state index contributed by atoms with van der Waals surface area (Å²) in [6.45, 7) is 4.63. The lowest BCUT2D eigenvalue weighted by Crippen LogP contribution is -2.16. The molecular weight excluding hydrogens is 749 g/mol. The largest absolute Gasteiger partial charge is 0.310 e. The average molecular weight is 791 g/mol. The zero-order valence-corrected chi connectivity index (χ0v) is 34.7. The Labute approximate surface area is 362 Å². The van der Waals surface area contributed by atoms with Gasteiger partial charge in [-0.1, -0.05) is 184 Å². The highest BCUT2D eigenvalue weighted by atomic mass is 15.1. The van der Waals surface area contributed by atoms with E-state index in [1.807, 2.05) is 24.3 Å². The van der Waals surface area contributed by atoms with Crippen molar-refractivity contribution < 1.29 is 0 Å². The molecule has 292 valence electrons. The molecule has 0 N–H and O–H groups in total. The Hall–Kier alpha value is -7.99. The number of hydrogen-bond acceptors (Lipinski definition) is 2. The Bertz CT molecular complexity index is 3360. The molecule has 10 aromatic rings. The molecule has 0 bridgehead atoms. The molecule has 0 aromatic heterocycles. The van der Waals surface area contributed by atoms with Crippen LogP contribution in [0.5, 0.6) is 0 Å². The van der Waals surface area contributed by atoms with Gasteiger partial charge in [0.05, 0.1) is 11.6 Å². The highest BCUT2D eigenvalue weighted by molar-refractivity contribution is 6.23. The standard InChI is InChI=1S/C60H42N2/c1-60(2)56-21-10-9-15-49(56)50-37-36-47(38-57(50)60)62(46-34-28-42(39-61)29-35-46)45-32-26-41(27-33-45)23-22-40-24-30-44(31-25-40)58-52-16-5-7-18-54(52)59(55-19-8-6-17-53(55)58)51-20-11-13-43-12-3-4-14-48(43)51/h3-38H,1-2H3/b23-22+. The van der Waals surface area contributed by atoms with Gasteiger partial charge in [-0.15, -0.1) is 0 Å². The van der Waals surface area contributed by atoms with Gasteiger partial charge in [0.1, 0.15) is 0 Å². The van der Waals surface area contributed by atoms with Gasteiger partial charge in [-0.05, 0) is 136 Å². The van der Waals surface area contributed by atoms with Gasteiger partial charge in [0.25, 0.3) is 0 Å². The van der Waals surface area contributed by atoms with E-state index >= 15 is 0 Å². The van der Waals surface area contributed by atoms with Gasteiger partial charge in [0, 0.05) is 22.5 Å². The van der Waals surface area contributed by atoms with E-state index in [9.17, 15) is 5.26 Å². The third-order valence-corrected chi connectivity index (χ3v) is 12.9. The summed E-state index contributed by atoms with van der Waals surface area (Å²) in [6.07, 6.45) is 4.38. The zero-order chi connectivity index (χ0) is 41.8. The molecular formula is C60H42N2. The maximum Gasteiger partial charge on any atom is 0.0991 e. The van der Waals surface area contributed by atoms with Crippen LogP contribution in [0.4, 0.5) is 17.1 Å². The molecule has 0 amide bonds. The molecule has 0 saturated heterocycles. The predicted octanol–water partition coefficient (Wildman–Crippen LogP) is 16.3. The molecule has 1 aliphatic rings. The first-order valence-corrected chi connectivity index (χ1v) is 21.3. The maximum absolute atomic E-state index is 9.56. The average Bonchev–Trinajstić information content (AvgIpc) is 3.56. The van der Waals surface area contributed by atoms with Crippen molar-refractivity contribution in [2.24, 2.45) is 0 Å². The Morgan fingerprint density at radius 2 is 0.903 bits per heavy atom. The summed E-state index contributed by atoms with van der Waals surface area (Å²) in [5.74, 6) is 0. The summed E-state index contributed by atoms with van der Waals surface area (Å²) < 4.78 is 0. The van der Waals surface area contributed by atoms with E-state index in [1.54, 1.807) is 0 Å². The van der Waals surface area contributed by atoms with Gasteiger partial charge in [-0.25, -0.2) is 0 Å². The molecule has 0 heterocycles. The molecule has 0 aliphatic heterocycles. The zero-order valence-electron chi connectivity index (χ0n) is 34.7. The molecule has 1 aliphatic carbocycles. The van der Waals surface area contributed by atoms with E-state index in [2.05, 4.69) is 219 Å². The number of benzene rings is 10. The van der Waals surface area contributed by atoms with Gasteiger partial charge < -0.3 is 4.90 Å². The van der Waals surface area contributed by atoms with Crippen LogP contribution in [-0.2, 0) is 5.41 Å². The summed E-state index contributed by atoms with van der Waals surface area (Å²) in [7, 11) is 0. The van der Waals surface area contributed by atoms with Crippen molar-refractivity contribution in [3.63, 3.8) is 0 Å². The molecule has 2 nitrogen and oxygen atoms in total. The lowest BCUT2D eigenvalue weighted by molar-refractivity contribution is 0.660. The minimum Gasteiger partial charge on any atom is -0.310 e. The van der Waals surface area contributed by atoms with E-state index in [4.69, 9.17) is 0 Å². The summed E-state index contributed by atoms with van der Waals surface area (Å²) in [4.78, 5) is 2.29. The summed E-state index contributed by atoms with van der Waals surface area (Å²) in [5, 5.41) is 17.1. The van der Waals surface area contributed by atoms with E-state index in [0.29, 0.717) is 5.56 Å². The van der Waals surface area contributed by atoms with Crippen molar-refractivity contribution in [2.45, 2.75) is 19.3 Å². The molecule has 0 radical (unpaired) electrons. The quantitative estimate of drug-likeness (QED) is 0.119. The van der Waals surface area contributed by atoms with Crippen LogP contribution in [0.3, 0.4) is 0 Å². The first kappa shape index (κ1) is 37.0. The minimum atomic E-state index is -0.116. The highest BCUT2D eigenvalue weighted by Crippen LogP contribution is 2.51. The molecule has 0 atom stereocenters. The molecule has 0 unspecified atom stereocenters. The SMILES string of the molecule is CC1(C)c2ccccc2-c2ccc(N(c3ccc(C#N)cc3)c3ccc(/C=C/c4ccc(-c5c6ccccc6c(-c6cccc7ccccc67)c6ccccc56)cc4)cc3)cc21. The van der Waals surface area contributed by atoms with Crippen LogP contribution in [-0.4, -0.2) is 0 Å². The Morgan fingerprint density at radius 3 is 1.55 bits per heavy atom. The maximum atomic E-state index is 9.56. The van der Waals surface area contributed by atoms with Crippen molar-refractivity contribution in [3.05, 3.63) is 234 Å². The van der Waals surface area contributed by atoms with Gasteiger partial charge in [0.2, 0.25) is 0 Å². The van der Waals surface area contributed by atoms with Crippen molar-refractivity contribution in [1.29, 1.82) is 5.26 Å². The Balaban J connectivity index is 0.917. The van der Waals surface area contributed by atoms with Crippen LogP contribution in [0, 0.1) is 11.3 Å². The van der Waals surface area contributed by atoms with Gasteiger partial charge in [-0.3, -0.25) is 0 Å². The van der Waals surface area contributed by atoms with Crippen LogP contribution >= 0.6 is 0 Å². The second-order valence-corrected chi connectivity index (χ2v) is 16.8. The van der Waals surface area contributed by atoms with E-state index < -0.39 is 0 Å². The van der Waals surface area contributed by atoms with Crippen molar-refractivity contribution in [1.82, 2.24) is 0 Å². The fourth-order valence-electron chi connectivity index (χ4n) is 9.82. The Morgan fingerprint density at radius 1 is 0.419 bits per heavy atom. The van der Waals surface area contributed by atoms with Crippen LogP contribution in [0.2, 0.25) is 0 Å². The monoisotopic (exact) mass is 790 g/mol. The highest BCUT2D eigenvalue weighted by Gasteiger charge is 2.35. The van der Waals surface area contributed by atoms with Crippen molar-refractivity contribution >= 4 is 61.5 Å². The molecule has 2 heteroatoms. The molecule has 0 saturated carbocycles. The number of rotatable bonds is 7. The second-order valence-electron chi connectivity index (χ2n) is 16.8. The number of nitrogens with zero attached hydrogens (tertiary/aromatic N) is 2. The fraction of sp³-hybridized carbons (Fsp3) is 0.0500. The molecule has 0 spiro atoms. The van der Waals surface area contributed by atoms with Crippen LogP contribution in [0.1, 0.15) is 41.7 Å². The predicted molar refractivity (Wildman–Crippen MR) is 262 cm³/mol. The topological polar surface area (TPSA) is 27.0 Å². The van der Waals surface area contributed by atoms with Gasteiger partial charge in [-0.2, -0.15) is 5.26 Å². The normalized spacial score (nSPS) is 12.7. The smallest absolute Gasteiger partial charge is 0.0991 e.